The number of likely N-dealkylation sites (tertiary alicyclic amines) is 1. The van der Waals surface area contributed by atoms with Crippen LogP contribution in [0, 0.1) is 0 Å². The zero-order chi connectivity index (χ0) is 16.8. The Labute approximate surface area is 136 Å². The third-order valence-corrected chi connectivity index (χ3v) is 4.05. The Kier molecular flexibility index (Phi) is 5.98. The van der Waals surface area contributed by atoms with Crippen LogP contribution in [0.4, 0.5) is 0 Å². The molecule has 0 radical (unpaired) electrons. The quantitative estimate of drug-likeness (QED) is 0.832. The van der Waals surface area contributed by atoms with Gasteiger partial charge in [-0.2, -0.15) is 0 Å². The third kappa shape index (κ3) is 4.69. The maximum Gasteiger partial charge on any atom is 0.305 e. The fourth-order valence-electron chi connectivity index (χ4n) is 2.83. The van der Waals surface area contributed by atoms with E-state index in [1.165, 1.54) is 0 Å². The number of hydrogen-bond acceptors (Lipinski definition) is 4. The van der Waals surface area contributed by atoms with E-state index in [1.54, 1.807) is 18.9 Å². The van der Waals surface area contributed by atoms with Crippen LogP contribution in [-0.4, -0.2) is 47.7 Å². The lowest BCUT2D eigenvalue weighted by Gasteiger charge is -2.26. The van der Waals surface area contributed by atoms with Crippen molar-refractivity contribution in [3.8, 4) is 5.75 Å². The number of methoxy groups -OCH3 is 1. The topological polar surface area (TPSA) is 76.1 Å². The molecule has 1 amide bonds. The molecule has 6 nitrogen and oxygen atoms in total. The molecule has 0 saturated carbocycles. The van der Waals surface area contributed by atoms with Gasteiger partial charge in [-0.15, -0.1) is 0 Å². The van der Waals surface area contributed by atoms with Crippen LogP contribution in [-0.2, 0) is 20.9 Å². The van der Waals surface area contributed by atoms with E-state index < -0.39 is 12.1 Å². The second kappa shape index (κ2) is 7.97. The van der Waals surface area contributed by atoms with E-state index in [4.69, 9.17) is 14.6 Å². The molecule has 0 bridgehead atoms. The van der Waals surface area contributed by atoms with Crippen LogP contribution < -0.4 is 4.74 Å². The smallest absolute Gasteiger partial charge is 0.305 e. The van der Waals surface area contributed by atoms with Crippen molar-refractivity contribution in [1.29, 1.82) is 0 Å². The van der Waals surface area contributed by atoms with Crippen molar-refractivity contribution in [2.45, 2.75) is 44.9 Å². The first kappa shape index (κ1) is 17.3. The second-order valence-electron chi connectivity index (χ2n) is 5.73. The summed E-state index contributed by atoms with van der Waals surface area (Å²) in [4.78, 5) is 25.0. The molecule has 0 spiro atoms. The highest BCUT2D eigenvalue weighted by molar-refractivity contribution is 5.81. The number of amides is 1. The number of carbonyl (C=O) groups excluding carboxylic acids is 1. The minimum atomic E-state index is -0.875. The number of carboxylic acids is 1. The summed E-state index contributed by atoms with van der Waals surface area (Å²) in [6.07, 6.45) is 0.969. The summed E-state index contributed by atoms with van der Waals surface area (Å²) >= 11 is 0. The average Bonchev–Trinajstić information content (AvgIpc) is 2.99. The van der Waals surface area contributed by atoms with Gasteiger partial charge in [0.15, 0.2) is 0 Å². The molecule has 1 aliphatic heterocycles. The predicted molar refractivity (Wildman–Crippen MR) is 84.2 cm³/mol. The van der Waals surface area contributed by atoms with E-state index in [1.807, 2.05) is 24.3 Å². The number of carbonyl (C=O) groups is 2. The number of ether oxygens (including phenoxy) is 2. The largest absolute Gasteiger partial charge is 0.497 e. The van der Waals surface area contributed by atoms with Crippen molar-refractivity contribution >= 4 is 11.9 Å². The lowest BCUT2D eigenvalue weighted by Crippen LogP contribution is -2.42. The van der Waals surface area contributed by atoms with Crippen LogP contribution in [0.5, 0.6) is 5.75 Å². The van der Waals surface area contributed by atoms with E-state index >= 15 is 0 Å². The monoisotopic (exact) mass is 321 g/mol. The first-order valence-electron chi connectivity index (χ1n) is 7.78. The van der Waals surface area contributed by atoms with Crippen LogP contribution >= 0.6 is 0 Å². The number of benzene rings is 1. The van der Waals surface area contributed by atoms with E-state index in [0.717, 1.165) is 24.2 Å². The molecule has 1 aromatic carbocycles. The van der Waals surface area contributed by atoms with Gasteiger partial charge in [0.05, 0.1) is 20.1 Å². The Morgan fingerprint density at radius 3 is 2.91 bits per heavy atom. The summed E-state index contributed by atoms with van der Waals surface area (Å²) in [5.74, 6) is -0.276. The van der Waals surface area contributed by atoms with E-state index in [0.29, 0.717) is 13.2 Å². The van der Waals surface area contributed by atoms with Gasteiger partial charge in [0, 0.05) is 12.6 Å². The highest BCUT2D eigenvalue weighted by atomic mass is 16.5. The molecular weight excluding hydrogens is 298 g/mol. The number of nitrogens with zero attached hydrogens (tertiary/aromatic N) is 1. The molecule has 1 fully saturated rings. The molecule has 1 heterocycles. The second-order valence-corrected chi connectivity index (χ2v) is 5.73. The van der Waals surface area contributed by atoms with Gasteiger partial charge >= 0.3 is 5.97 Å². The molecule has 0 aromatic heterocycles. The minimum Gasteiger partial charge on any atom is -0.497 e. The van der Waals surface area contributed by atoms with Crippen LogP contribution in [0.2, 0.25) is 0 Å². The molecule has 1 aliphatic rings. The summed E-state index contributed by atoms with van der Waals surface area (Å²) in [5.41, 5.74) is 0.924. The van der Waals surface area contributed by atoms with E-state index in [9.17, 15) is 9.59 Å². The normalized spacial score (nSPS) is 18.7. The summed E-state index contributed by atoms with van der Waals surface area (Å²) in [6.45, 7) is 2.61. The van der Waals surface area contributed by atoms with Gasteiger partial charge in [-0.1, -0.05) is 12.1 Å². The van der Waals surface area contributed by atoms with Crippen LogP contribution in [0.25, 0.3) is 0 Å². The molecule has 6 heteroatoms. The van der Waals surface area contributed by atoms with Crippen molar-refractivity contribution < 1.29 is 24.2 Å². The molecule has 1 aromatic rings. The fourth-order valence-corrected chi connectivity index (χ4v) is 2.83. The van der Waals surface area contributed by atoms with Gasteiger partial charge < -0.3 is 19.5 Å². The van der Waals surface area contributed by atoms with Gasteiger partial charge in [0.25, 0.3) is 5.91 Å². The van der Waals surface area contributed by atoms with Gasteiger partial charge in [0.2, 0.25) is 0 Å². The molecule has 2 atom stereocenters. The van der Waals surface area contributed by atoms with Crippen molar-refractivity contribution in [3.05, 3.63) is 29.8 Å². The average molecular weight is 321 g/mol. The molecule has 1 N–H and O–H groups in total. The zero-order valence-corrected chi connectivity index (χ0v) is 13.5. The maximum atomic E-state index is 12.5. The summed E-state index contributed by atoms with van der Waals surface area (Å²) in [6, 6.07) is 7.26. The molecule has 2 rings (SSSR count). The highest BCUT2D eigenvalue weighted by Gasteiger charge is 2.32. The Morgan fingerprint density at radius 1 is 1.43 bits per heavy atom. The SMILES string of the molecule is COc1cccc(COC(C)C(=O)N2CCCC2CC(=O)O)c1. The summed E-state index contributed by atoms with van der Waals surface area (Å²) < 4.78 is 10.8. The standard InChI is InChI=1S/C17H23NO5/c1-12(23-11-13-5-3-7-15(9-13)22-2)17(21)18-8-4-6-14(18)10-16(19)20/h3,5,7,9,12,14H,4,6,8,10-11H2,1-2H3,(H,19,20). The zero-order valence-electron chi connectivity index (χ0n) is 13.5. The number of carboxylic acid groups (broad SMARTS) is 1. The van der Waals surface area contributed by atoms with Gasteiger partial charge in [-0.3, -0.25) is 9.59 Å². The number of hydrogen-bond donors (Lipinski definition) is 1. The van der Waals surface area contributed by atoms with Crippen molar-refractivity contribution in [2.24, 2.45) is 0 Å². The summed E-state index contributed by atoms with van der Waals surface area (Å²) in [5, 5.41) is 8.93. The highest BCUT2D eigenvalue weighted by Crippen LogP contribution is 2.22. The fraction of sp³-hybridized carbons (Fsp3) is 0.529. The predicted octanol–water partition coefficient (Wildman–Crippen LogP) is 2.07. The first-order valence-corrected chi connectivity index (χ1v) is 7.78. The van der Waals surface area contributed by atoms with Crippen molar-refractivity contribution in [3.63, 3.8) is 0 Å². The van der Waals surface area contributed by atoms with Crippen LogP contribution in [0.1, 0.15) is 31.7 Å². The molecular formula is C17H23NO5. The molecule has 126 valence electrons. The maximum absolute atomic E-state index is 12.5. The van der Waals surface area contributed by atoms with E-state index in [-0.39, 0.29) is 18.4 Å². The lowest BCUT2D eigenvalue weighted by molar-refractivity contribution is -0.146. The van der Waals surface area contributed by atoms with Gasteiger partial charge in [-0.25, -0.2) is 0 Å². The molecule has 2 unspecified atom stereocenters. The van der Waals surface area contributed by atoms with Crippen LogP contribution in [0.3, 0.4) is 0 Å². The number of aliphatic carboxylic acids is 1. The van der Waals surface area contributed by atoms with E-state index in [2.05, 4.69) is 0 Å². The molecule has 1 saturated heterocycles. The first-order chi connectivity index (χ1) is 11.0. The van der Waals surface area contributed by atoms with Crippen LogP contribution in [0.15, 0.2) is 24.3 Å². The Morgan fingerprint density at radius 2 is 2.22 bits per heavy atom. The number of rotatable bonds is 7. The minimum absolute atomic E-state index is 0.00561. The van der Waals surface area contributed by atoms with Gasteiger partial charge in [-0.05, 0) is 37.5 Å². The van der Waals surface area contributed by atoms with Crippen molar-refractivity contribution in [2.75, 3.05) is 13.7 Å². The third-order valence-electron chi connectivity index (χ3n) is 4.05. The van der Waals surface area contributed by atoms with Gasteiger partial charge in [0.1, 0.15) is 11.9 Å². The molecule has 23 heavy (non-hydrogen) atoms. The molecule has 0 aliphatic carbocycles. The van der Waals surface area contributed by atoms with Crippen molar-refractivity contribution in [1.82, 2.24) is 4.90 Å². The Hall–Kier alpha value is -2.08. The Bertz CT molecular complexity index is 560. The Balaban J connectivity index is 1.90. The lowest BCUT2D eigenvalue weighted by atomic mass is 10.1. The summed E-state index contributed by atoms with van der Waals surface area (Å²) in [7, 11) is 1.60.